The number of nitrogen functional groups attached to an aromatic ring is 1. The Morgan fingerprint density at radius 1 is 1.38 bits per heavy atom. The van der Waals surface area contributed by atoms with E-state index in [9.17, 15) is 0 Å². The van der Waals surface area contributed by atoms with Gasteiger partial charge in [0.15, 0.2) is 0 Å². The second kappa shape index (κ2) is 3.80. The summed E-state index contributed by atoms with van der Waals surface area (Å²) >= 11 is 0. The first-order chi connectivity index (χ1) is 7.59. The molecule has 2 aromatic heterocycles. The highest BCUT2D eigenvalue weighted by atomic mass is 16.5. The van der Waals surface area contributed by atoms with Gasteiger partial charge >= 0.3 is 0 Å². The van der Waals surface area contributed by atoms with Crippen LogP contribution in [0.25, 0.3) is 0 Å². The van der Waals surface area contributed by atoms with Crippen molar-refractivity contribution in [3.63, 3.8) is 0 Å². The monoisotopic (exact) mass is 219 g/mol. The van der Waals surface area contributed by atoms with Gasteiger partial charge in [-0.05, 0) is 19.9 Å². The van der Waals surface area contributed by atoms with Crippen molar-refractivity contribution in [2.24, 2.45) is 0 Å². The van der Waals surface area contributed by atoms with Gasteiger partial charge in [0.25, 0.3) is 0 Å². The maximum atomic E-state index is 5.52. The zero-order valence-corrected chi connectivity index (χ0v) is 9.43. The predicted octanol–water partition coefficient (Wildman–Crippen LogP) is 1.43. The van der Waals surface area contributed by atoms with Gasteiger partial charge in [-0.25, -0.2) is 4.98 Å². The minimum Gasteiger partial charge on any atom is -0.368 e. The molecule has 0 bridgehead atoms. The number of hydrogen-bond donors (Lipinski definition) is 1. The highest BCUT2D eigenvalue weighted by Gasteiger charge is 2.15. The number of anilines is 3. The van der Waals surface area contributed by atoms with Crippen molar-refractivity contribution in [1.29, 1.82) is 0 Å². The summed E-state index contributed by atoms with van der Waals surface area (Å²) in [6, 6.07) is 1.76. The molecule has 0 aromatic carbocycles. The van der Waals surface area contributed by atoms with Gasteiger partial charge in [0.2, 0.25) is 11.8 Å². The third-order valence-corrected chi connectivity index (χ3v) is 2.44. The van der Waals surface area contributed by atoms with Gasteiger partial charge in [0, 0.05) is 18.8 Å². The van der Waals surface area contributed by atoms with E-state index in [-0.39, 0.29) is 5.95 Å². The molecule has 0 spiro atoms. The molecule has 2 N–H and O–H groups in total. The highest BCUT2D eigenvalue weighted by molar-refractivity contribution is 5.57. The van der Waals surface area contributed by atoms with Gasteiger partial charge in [-0.2, -0.15) is 4.98 Å². The summed E-state index contributed by atoms with van der Waals surface area (Å²) in [7, 11) is 1.84. The third kappa shape index (κ3) is 1.69. The van der Waals surface area contributed by atoms with E-state index in [0.29, 0.717) is 11.7 Å². The summed E-state index contributed by atoms with van der Waals surface area (Å²) in [5.41, 5.74) is 7.37. The van der Waals surface area contributed by atoms with Crippen LogP contribution in [0.4, 0.5) is 17.7 Å². The van der Waals surface area contributed by atoms with Gasteiger partial charge < -0.3 is 10.3 Å². The topological polar surface area (TPSA) is 81.1 Å². The quantitative estimate of drug-likeness (QED) is 0.822. The van der Waals surface area contributed by atoms with Crippen molar-refractivity contribution in [3.8, 4) is 0 Å². The molecule has 0 amide bonds. The Balaban J connectivity index is 2.39. The van der Waals surface area contributed by atoms with E-state index in [1.165, 1.54) is 0 Å². The van der Waals surface area contributed by atoms with Crippen molar-refractivity contribution in [2.75, 3.05) is 17.7 Å². The first-order valence-electron chi connectivity index (χ1n) is 4.84. The molecule has 0 saturated heterocycles. The number of hydrogen-bond acceptors (Lipinski definition) is 6. The van der Waals surface area contributed by atoms with E-state index in [2.05, 4.69) is 15.1 Å². The second-order valence-corrected chi connectivity index (χ2v) is 3.53. The lowest BCUT2D eigenvalue weighted by Gasteiger charge is -2.14. The zero-order chi connectivity index (χ0) is 11.7. The molecule has 0 fully saturated rings. The minimum atomic E-state index is 0.234. The molecule has 6 nitrogen and oxygen atoms in total. The van der Waals surface area contributed by atoms with Gasteiger partial charge in [-0.1, -0.05) is 5.16 Å². The zero-order valence-electron chi connectivity index (χ0n) is 9.43. The Hall–Kier alpha value is -2.11. The average molecular weight is 219 g/mol. The van der Waals surface area contributed by atoms with E-state index in [1.807, 2.05) is 20.9 Å². The highest BCUT2D eigenvalue weighted by Crippen LogP contribution is 2.26. The Kier molecular flexibility index (Phi) is 2.47. The molecular weight excluding hydrogens is 206 g/mol. The summed E-state index contributed by atoms with van der Waals surface area (Å²) in [5, 5.41) is 3.89. The smallest absolute Gasteiger partial charge is 0.235 e. The van der Waals surface area contributed by atoms with Gasteiger partial charge in [-0.3, -0.25) is 4.90 Å². The fourth-order valence-corrected chi connectivity index (χ4v) is 1.37. The molecule has 2 aromatic rings. The molecule has 84 valence electrons. The first kappa shape index (κ1) is 10.4. The maximum absolute atomic E-state index is 5.52. The van der Waals surface area contributed by atoms with Crippen LogP contribution in [0.3, 0.4) is 0 Å². The van der Waals surface area contributed by atoms with Crippen LogP contribution < -0.4 is 10.6 Å². The van der Waals surface area contributed by atoms with E-state index in [0.717, 1.165) is 11.3 Å². The molecule has 2 rings (SSSR count). The van der Waals surface area contributed by atoms with Crippen LogP contribution in [0.1, 0.15) is 11.3 Å². The second-order valence-electron chi connectivity index (χ2n) is 3.53. The molecule has 6 heteroatoms. The van der Waals surface area contributed by atoms with Gasteiger partial charge in [0.1, 0.15) is 5.82 Å². The first-order valence-corrected chi connectivity index (χ1v) is 4.84. The van der Waals surface area contributed by atoms with E-state index >= 15 is 0 Å². The molecule has 0 unspecified atom stereocenters. The average Bonchev–Trinajstić information content (AvgIpc) is 2.59. The van der Waals surface area contributed by atoms with Gasteiger partial charge in [0.05, 0.1) is 5.69 Å². The fourth-order valence-electron chi connectivity index (χ4n) is 1.37. The lowest BCUT2D eigenvalue weighted by molar-refractivity contribution is 0.420. The van der Waals surface area contributed by atoms with Crippen LogP contribution in [0.2, 0.25) is 0 Å². The molecule has 0 aliphatic carbocycles. The van der Waals surface area contributed by atoms with Crippen LogP contribution in [0, 0.1) is 13.8 Å². The summed E-state index contributed by atoms with van der Waals surface area (Å²) in [6.45, 7) is 3.84. The van der Waals surface area contributed by atoms with Crippen molar-refractivity contribution >= 4 is 17.7 Å². The molecule has 0 saturated carbocycles. The van der Waals surface area contributed by atoms with Crippen LogP contribution in [0.5, 0.6) is 0 Å². The largest absolute Gasteiger partial charge is 0.368 e. The minimum absolute atomic E-state index is 0.234. The standard InChI is InChI=1S/C10H13N5O/c1-6-7(2)14-16-9(6)15(3)8-4-5-12-10(11)13-8/h4-5H,1-3H3,(H2,11,12,13). The number of aromatic nitrogens is 3. The van der Waals surface area contributed by atoms with Crippen molar-refractivity contribution < 1.29 is 4.52 Å². The maximum Gasteiger partial charge on any atom is 0.235 e. The summed E-state index contributed by atoms with van der Waals surface area (Å²) in [6.07, 6.45) is 1.60. The third-order valence-electron chi connectivity index (χ3n) is 2.44. The Morgan fingerprint density at radius 3 is 2.69 bits per heavy atom. The Labute approximate surface area is 93.1 Å². The molecule has 2 heterocycles. The molecule has 0 radical (unpaired) electrons. The Bertz CT molecular complexity index is 508. The molecule has 0 atom stereocenters. The molecule has 16 heavy (non-hydrogen) atoms. The molecule has 0 aliphatic heterocycles. The van der Waals surface area contributed by atoms with E-state index < -0.39 is 0 Å². The van der Waals surface area contributed by atoms with Gasteiger partial charge in [-0.15, -0.1) is 0 Å². The van der Waals surface area contributed by atoms with Crippen molar-refractivity contribution in [2.45, 2.75) is 13.8 Å². The number of aryl methyl sites for hydroxylation is 1. The fraction of sp³-hybridized carbons (Fsp3) is 0.300. The van der Waals surface area contributed by atoms with Crippen molar-refractivity contribution in [3.05, 3.63) is 23.5 Å². The van der Waals surface area contributed by atoms with Crippen LogP contribution >= 0.6 is 0 Å². The number of nitrogens with two attached hydrogens (primary N) is 1. The van der Waals surface area contributed by atoms with Crippen molar-refractivity contribution in [1.82, 2.24) is 15.1 Å². The Morgan fingerprint density at radius 2 is 2.12 bits per heavy atom. The normalized spacial score (nSPS) is 10.4. The molecular formula is C10H13N5O. The summed E-state index contributed by atoms with van der Waals surface area (Å²) < 4.78 is 5.23. The van der Waals surface area contributed by atoms with E-state index in [4.69, 9.17) is 10.3 Å². The molecule has 0 aliphatic rings. The number of nitrogens with zero attached hydrogens (tertiary/aromatic N) is 4. The SMILES string of the molecule is Cc1noc(N(C)c2ccnc(N)n2)c1C. The van der Waals surface area contributed by atoms with Crippen LogP contribution in [-0.4, -0.2) is 22.2 Å². The summed E-state index contributed by atoms with van der Waals surface area (Å²) in [4.78, 5) is 9.73. The lowest BCUT2D eigenvalue weighted by Crippen LogP contribution is -2.12. The predicted molar refractivity (Wildman–Crippen MR) is 60.5 cm³/mol. The van der Waals surface area contributed by atoms with Crippen LogP contribution in [-0.2, 0) is 0 Å². The number of rotatable bonds is 2. The summed E-state index contributed by atoms with van der Waals surface area (Å²) in [5.74, 6) is 1.57. The van der Waals surface area contributed by atoms with E-state index in [1.54, 1.807) is 17.2 Å². The lowest BCUT2D eigenvalue weighted by atomic mass is 10.3. The van der Waals surface area contributed by atoms with Crippen LogP contribution in [0.15, 0.2) is 16.8 Å².